The predicted molar refractivity (Wildman–Crippen MR) is 111 cm³/mol. The number of carbonyl (C=O) groups excluding carboxylic acids is 1. The van der Waals surface area contributed by atoms with Crippen LogP contribution in [0.4, 0.5) is 26.3 Å². The molecule has 34 heavy (non-hydrogen) atoms. The van der Waals surface area contributed by atoms with Gasteiger partial charge in [0.15, 0.2) is 23.0 Å². The van der Waals surface area contributed by atoms with E-state index in [9.17, 15) is 31.1 Å². The van der Waals surface area contributed by atoms with Crippen LogP contribution >= 0.6 is 0 Å². The van der Waals surface area contributed by atoms with Crippen LogP contribution < -0.4 is 15.8 Å². The van der Waals surface area contributed by atoms with Crippen LogP contribution in [0.25, 0.3) is 5.65 Å². The van der Waals surface area contributed by atoms with E-state index in [0.717, 1.165) is 6.07 Å². The third-order valence-electron chi connectivity index (χ3n) is 5.15. The van der Waals surface area contributed by atoms with Gasteiger partial charge in [0.05, 0.1) is 11.3 Å². The Balaban J connectivity index is 1.78. The molecule has 2 heterocycles. The van der Waals surface area contributed by atoms with Gasteiger partial charge in [-0.1, -0.05) is 0 Å². The number of aromatic nitrogens is 2. The number of rotatable bonds is 8. The summed E-state index contributed by atoms with van der Waals surface area (Å²) >= 11 is 0. The molecule has 1 aromatic carbocycles. The standard InChI is InChI=1S/C22H22F6N4O2/c1-12-18(20(33)30-11-21(2,29)7-8-22(26,27)28)32-9-3-4-16(19(32)31-12)34-10-13-14(23)5-6-15(24)17(13)25/h3-6,9H,7-8,10-11,29H2,1-2H3,(H,30,33). The topological polar surface area (TPSA) is 81.7 Å². The molecule has 3 N–H and O–H groups in total. The lowest BCUT2D eigenvalue weighted by molar-refractivity contribution is -0.137. The lowest BCUT2D eigenvalue weighted by Gasteiger charge is -2.25. The fourth-order valence-corrected chi connectivity index (χ4v) is 3.28. The van der Waals surface area contributed by atoms with Gasteiger partial charge >= 0.3 is 6.18 Å². The van der Waals surface area contributed by atoms with E-state index in [0.29, 0.717) is 6.07 Å². The van der Waals surface area contributed by atoms with Gasteiger partial charge in [0.2, 0.25) is 0 Å². The van der Waals surface area contributed by atoms with Crippen LogP contribution in [0, 0.1) is 24.4 Å². The van der Waals surface area contributed by atoms with Crippen LogP contribution in [0.1, 0.15) is 41.5 Å². The summed E-state index contributed by atoms with van der Waals surface area (Å²) in [6.45, 7) is 2.08. The van der Waals surface area contributed by atoms with Crippen LogP contribution in [0.2, 0.25) is 0 Å². The second-order valence-corrected chi connectivity index (χ2v) is 8.17. The maximum Gasteiger partial charge on any atom is 0.389 e. The lowest BCUT2D eigenvalue weighted by atomic mass is 9.97. The summed E-state index contributed by atoms with van der Waals surface area (Å²) < 4.78 is 85.5. The van der Waals surface area contributed by atoms with Gasteiger partial charge in [-0.15, -0.1) is 0 Å². The fraction of sp³-hybridized carbons (Fsp3) is 0.364. The zero-order valence-electron chi connectivity index (χ0n) is 18.3. The molecule has 0 aliphatic rings. The summed E-state index contributed by atoms with van der Waals surface area (Å²) in [5.74, 6) is -4.15. The van der Waals surface area contributed by atoms with Gasteiger partial charge in [-0.05, 0) is 44.5 Å². The van der Waals surface area contributed by atoms with Crippen molar-refractivity contribution in [3.63, 3.8) is 0 Å². The number of nitrogens with two attached hydrogens (primary N) is 1. The number of hydrogen-bond donors (Lipinski definition) is 2. The molecule has 12 heteroatoms. The van der Waals surface area contributed by atoms with Crippen molar-refractivity contribution in [1.82, 2.24) is 14.7 Å². The summed E-state index contributed by atoms with van der Waals surface area (Å²) in [6.07, 6.45) is -4.34. The third-order valence-corrected chi connectivity index (χ3v) is 5.15. The molecule has 0 spiro atoms. The maximum atomic E-state index is 13.9. The average Bonchev–Trinajstić information content (AvgIpc) is 3.09. The van der Waals surface area contributed by atoms with Crippen molar-refractivity contribution in [2.45, 2.75) is 45.0 Å². The summed E-state index contributed by atoms with van der Waals surface area (Å²) in [5, 5.41) is 2.52. The molecule has 1 amide bonds. The molecule has 3 rings (SSSR count). The van der Waals surface area contributed by atoms with Crippen molar-refractivity contribution in [3.05, 3.63) is 64.9 Å². The van der Waals surface area contributed by atoms with E-state index < -0.39 is 53.7 Å². The highest BCUT2D eigenvalue weighted by atomic mass is 19.4. The van der Waals surface area contributed by atoms with Crippen LogP contribution in [0.5, 0.6) is 5.75 Å². The molecule has 0 bridgehead atoms. The number of halogens is 6. The van der Waals surface area contributed by atoms with E-state index in [4.69, 9.17) is 10.5 Å². The number of aryl methyl sites for hydroxylation is 1. The number of alkyl halides is 3. The monoisotopic (exact) mass is 488 g/mol. The number of hydrogen-bond acceptors (Lipinski definition) is 4. The van der Waals surface area contributed by atoms with E-state index >= 15 is 0 Å². The summed E-state index contributed by atoms with van der Waals surface area (Å²) in [6, 6.07) is 4.38. The van der Waals surface area contributed by atoms with Gasteiger partial charge < -0.3 is 15.8 Å². The molecular formula is C22H22F6N4O2. The molecule has 3 aromatic rings. The number of pyridine rings is 1. The lowest BCUT2D eigenvalue weighted by Crippen LogP contribution is -2.48. The number of fused-ring (bicyclic) bond motifs is 1. The zero-order valence-corrected chi connectivity index (χ0v) is 18.3. The van der Waals surface area contributed by atoms with E-state index in [-0.39, 0.29) is 35.8 Å². The van der Waals surface area contributed by atoms with Crippen LogP contribution in [-0.4, -0.2) is 33.6 Å². The minimum atomic E-state index is -4.36. The summed E-state index contributed by atoms with van der Waals surface area (Å²) in [4.78, 5) is 17.0. The number of imidazole rings is 1. The summed E-state index contributed by atoms with van der Waals surface area (Å²) in [7, 11) is 0. The van der Waals surface area contributed by atoms with Crippen LogP contribution in [-0.2, 0) is 6.61 Å². The number of ether oxygens (including phenoxy) is 1. The number of carbonyl (C=O) groups is 1. The van der Waals surface area contributed by atoms with E-state index in [1.165, 1.54) is 36.6 Å². The first-order valence-electron chi connectivity index (χ1n) is 10.2. The number of nitrogens with zero attached hydrogens (tertiary/aromatic N) is 2. The molecule has 1 unspecified atom stereocenters. The Morgan fingerprint density at radius 3 is 2.50 bits per heavy atom. The molecule has 0 fully saturated rings. The Kier molecular flexibility index (Phi) is 7.10. The second-order valence-electron chi connectivity index (χ2n) is 8.17. The number of nitrogens with one attached hydrogen (secondary N) is 1. The first kappa shape index (κ1) is 25.3. The molecule has 0 radical (unpaired) electrons. The highest BCUT2D eigenvalue weighted by Gasteiger charge is 2.32. The Morgan fingerprint density at radius 1 is 1.15 bits per heavy atom. The largest absolute Gasteiger partial charge is 0.485 e. The molecule has 0 aliphatic carbocycles. The van der Waals surface area contributed by atoms with Crippen LogP contribution in [0.15, 0.2) is 30.5 Å². The SMILES string of the molecule is Cc1nc2c(OCc3c(F)ccc(F)c3F)cccn2c1C(=O)NCC(C)(N)CCC(F)(F)F. The molecule has 6 nitrogen and oxygen atoms in total. The highest BCUT2D eigenvalue weighted by molar-refractivity contribution is 5.95. The van der Waals surface area contributed by atoms with Crippen molar-refractivity contribution in [3.8, 4) is 5.75 Å². The minimum absolute atomic E-state index is 0.0709. The quantitative estimate of drug-likeness (QED) is 0.363. The Hall–Kier alpha value is -3.28. The predicted octanol–water partition coefficient (Wildman–Crippen LogP) is 4.43. The maximum absolute atomic E-state index is 13.9. The molecule has 0 saturated carbocycles. The van der Waals surface area contributed by atoms with Crippen molar-refractivity contribution >= 4 is 11.6 Å². The van der Waals surface area contributed by atoms with Gasteiger partial charge in [-0.3, -0.25) is 9.20 Å². The van der Waals surface area contributed by atoms with E-state index in [1.54, 1.807) is 0 Å². The molecule has 2 aromatic heterocycles. The van der Waals surface area contributed by atoms with Gasteiger partial charge in [0.1, 0.15) is 18.1 Å². The molecule has 184 valence electrons. The van der Waals surface area contributed by atoms with Crippen molar-refractivity contribution in [1.29, 1.82) is 0 Å². The first-order valence-corrected chi connectivity index (χ1v) is 10.2. The third kappa shape index (κ3) is 5.79. The van der Waals surface area contributed by atoms with Gasteiger partial charge in [0.25, 0.3) is 5.91 Å². The molecule has 0 saturated heterocycles. The fourth-order valence-electron chi connectivity index (χ4n) is 3.28. The highest BCUT2D eigenvalue weighted by Crippen LogP contribution is 2.26. The van der Waals surface area contributed by atoms with Crippen LogP contribution in [0.3, 0.4) is 0 Å². The Bertz CT molecular complexity index is 1210. The zero-order chi connectivity index (χ0) is 25.3. The van der Waals surface area contributed by atoms with Crippen molar-refractivity contribution in [2.24, 2.45) is 5.73 Å². The average molecular weight is 488 g/mol. The number of amides is 1. The molecule has 0 aliphatic heterocycles. The second kappa shape index (κ2) is 9.53. The van der Waals surface area contributed by atoms with Crippen molar-refractivity contribution in [2.75, 3.05) is 6.54 Å². The molecular weight excluding hydrogens is 466 g/mol. The van der Waals surface area contributed by atoms with Gasteiger partial charge in [-0.25, -0.2) is 18.2 Å². The minimum Gasteiger partial charge on any atom is -0.485 e. The Labute approximate surface area is 190 Å². The number of benzene rings is 1. The van der Waals surface area contributed by atoms with E-state index in [2.05, 4.69) is 10.3 Å². The summed E-state index contributed by atoms with van der Waals surface area (Å²) in [5.41, 5.74) is 4.48. The van der Waals surface area contributed by atoms with E-state index in [1.807, 2.05) is 0 Å². The van der Waals surface area contributed by atoms with Crippen molar-refractivity contribution < 1.29 is 35.9 Å². The smallest absolute Gasteiger partial charge is 0.389 e. The normalized spacial score (nSPS) is 13.7. The van der Waals surface area contributed by atoms with Gasteiger partial charge in [0, 0.05) is 24.7 Å². The first-order chi connectivity index (χ1) is 15.8. The Morgan fingerprint density at radius 2 is 1.82 bits per heavy atom. The van der Waals surface area contributed by atoms with Gasteiger partial charge in [-0.2, -0.15) is 13.2 Å². The molecule has 1 atom stereocenters.